The summed E-state index contributed by atoms with van der Waals surface area (Å²) in [6, 6.07) is 11.6. The third-order valence-corrected chi connectivity index (χ3v) is 3.58. The summed E-state index contributed by atoms with van der Waals surface area (Å²) in [4.78, 5) is 10.2. The minimum Gasteiger partial charge on any atom is -0.331 e. The predicted octanol–water partition coefficient (Wildman–Crippen LogP) is 3.88. The lowest BCUT2D eigenvalue weighted by Crippen LogP contribution is -2.24. The van der Waals surface area contributed by atoms with E-state index in [2.05, 4.69) is 15.8 Å². The van der Waals surface area contributed by atoms with Crippen molar-refractivity contribution >= 4 is 46.5 Å². The molecule has 0 fully saturated rings. The lowest BCUT2D eigenvalue weighted by molar-refractivity contribution is -0.384. The predicted molar refractivity (Wildman–Crippen MR) is 96.2 cm³/mol. The second-order valence-corrected chi connectivity index (χ2v) is 5.40. The Hall–Kier alpha value is -2.51. The molecule has 2 rings (SSSR count). The topological polar surface area (TPSA) is 79.6 Å². The van der Waals surface area contributed by atoms with E-state index in [4.69, 9.17) is 23.8 Å². The van der Waals surface area contributed by atoms with Crippen LogP contribution in [0.2, 0.25) is 5.02 Å². The molecule has 0 unspecified atom stereocenters. The first-order valence-electron chi connectivity index (χ1n) is 6.57. The second-order valence-electron chi connectivity index (χ2n) is 4.59. The maximum Gasteiger partial charge on any atom is 0.270 e. The molecule has 2 N–H and O–H groups in total. The van der Waals surface area contributed by atoms with Gasteiger partial charge in [-0.15, -0.1) is 0 Å². The molecule has 0 heterocycles. The van der Waals surface area contributed by atoms with Crippen molar-refractivity contribution in [1.29, 1.82) is 0 Å². The van der Waals surface area contributed by atoms with Crippen LogP contribution in [0.1, 0.15) is 11.1 Å². The second kappa shape index (κ2) is 7.66. The number of hydrogen-bond acceptors (Lipinski definition) is 4. The Bertz CT molecular complexity index is 780. The summed E-state index contributed by atoms with van der Waals surface area (Å²) in [5, 5.41) is 18.6. The highest BCUT2D eigenvalue weighted by molar-refractivity contribution is 7.80. The maximum atomic E-state index is 10.7. The van der Waals surface area contributed by atoms with Gasteiger partial charge in [-0.3, -0.25) is 15.5 Å². The minimum absolute atomic E-state index is 0.00389. The standard InChI is InChI=1S/C15H13ClN4O2S/c1-10-13(16)6-3-7-14(10)18-15(23)19-17-9-11-4-2-5-12(8-11)20(21)22/h2-9H,1H3,(H2,18,19,23)/b17-9+. The Morgan fingerprint density at radius 2 is 2.09 bits per heavy atom. The number of nitrogens with one attached hydrogen (secondary N) is 2. The van der Waals surface area contributed by atoms with E-state index in [1.807, 2.05) is 19.1 Å². The van der Waals surface area contributed by atoms with E-state index in [1.54, 1.807) is 18.2 Å². The summed E-state index contributed by atoms with van der Waals surface area (Å²) in [5.41, 5.74) is 4.90. The van der Waals surface area contributed by atoms with E-state index in [-0.39, 0.29) is 10.8 Å². The Balaban J connectivity index is 1.97. The number of nitro benzene ring substituents is 1. The van der Waals surface area contributed by atoms with Gasteiger partial charge in [-0.2, -0.15) is 5.10 Å². The maximum absolute atomic E-state index is 10.7. The lowest BCUT2D eigenvalue weighted by atomic mass is 10.2. The Kier molecular flexibility index (Phi) is 5.61. The Labute approximate surface area is 143 Å². The Morgan fingerprint density at radius 3 is 2.83 bits per heavy atom. The molecule has 0 radical (unpaired) electrons. The number of hydrazone groups is 1. The average Bonchev–Trinajstić information content (AvgIpc) is 2.52. The van der Waals surface area contributed by atoms with Crippen LogP contribution in [0.3, 0.4) is 0 Å². The largest absolute Gasteiger partial charge is 0.331 e. The van der Waals surface area contributed by atoms with Crippen molar-refractivity contribution in [3.8, 4) is 0 Å². The molecule has 6 nitrogen and oxygen atoms in total. The van der Waals surface area contributed by atoms with E-state index in [0.29, 0.717) is 10.6 Å². The van der Waals surface area contributed by atoms with Crippen LogP contribution < -0.4 is 10.7 Å². The van der Waals surface area contributed by atoms with Crippen LogP contribution in [0.4, 0.5) is 11.4 Å². The SMILES string of the molecule is Cc1c(Cl)cccc1NC(=S)N/N=C/c1cccc([N+](=O)[O-])c1. The molecular weight excluding hydrogens is 336 g/mol. The third-order valence-electron chi connectivity index (χ3n) is 2.98. The van der Waals surface area contributed by atoms with Gasteiger partial charge in [0.1, 0.15) is 0 Å². The van der Waals surface area contributed by atoms with Gasteiger partial charge < -0.3 is 5.32 Å². The van der Waals surface area contributed by atoms with Gasteiger partial charge in [-0.05, 0) is 36.8 Å². The highest BCUT2D eigenvalue weighted by Gasteiger charge is 2.05. The van der Waals surface area contributed by atoms with Gasteiger partial charge in [0.15, 0.2) is 5.11 Å². The fraction of sp³-hybridized carbons (Fsp3) is 0.0667. The number of benzene rings is 2. The number of hydrogen-bond donors (Lipinski definition) is 2. The zero-order chi connectivity index (χ0) is 16.8. The molecule has 23 heavy (non-hydrogen) atoms. The molecule has 0 spiro atoms. The zero-order valence-electron chi connectivity index (χ0n) is 12.1. The van der Waals surface area contributed by atoms with Crippen molar-refractivity contribution in [2.75, 3.05) is 5.32 Å². The van der Waals surface area contributed by atoms with Crippen LogP contribution >= 0.6 is 23.8 Å². The van der Waals surface area contributed by atoms with Gasteiger partial charge in [0.05, 0.1) is 11.1 Å². The first-order valence-corrected chi connectivity index (χ1v) is 7.35. The van der Waals surface area contributed by atoms with Gasteiger partial charge in [0, 0.05) is 28.4 Å². The number of halogens is 1. The molecule has 0 aliphatic heterocycles. The van der Waals surface area contributed by atoms with Gasteiger partial charge in [-0.25, -0.2) is 0 Å². The highest BCUT2D eigenvalue weighted by atomic mass is 35.5. The van der Waals surface area contributed by atoms with Gasteiger partial charge >= 0.3 is 0 Å². The quantitative estimate of drug-likeness (QED) is 0.379. The van der Waals surface area contributed by atoms with Crippen molar-refractivity contribution in [2.45, 2.75) is 6.92 Å². The number of thiocarbonyl (C=S) groups is 1. The molecule has 8 heteroatoms. The van der Waals surface area contributed by atoms with E-state index in [0.717, 1.165) is 11.3 Å². The van der Waals surface area contributed by atoms with E-state index in [1.165, 1.54) is 18.3 Å². The molecule has 2 aromatic carbocycles. The number of nitro groups is 1. The number of non-ortho nitro benzene ring substituents is 1. The van der Waals surface area contributed by atoms with Gasteiger partial charge in [0.25, 0.3) is 5.69 Å². The molecule has 0 aliphatic rings. The van der Waals surface area contributed by atoms with Crippen LogP contribution in [-0.2, 0) is 0 Å². The molecule has 2 aromatic rings. The summed E-state index contributed by atoms with van der Waals surface area (Å²) in [7, 11) is 0. The summed E-state index contributed by atoms with van der Waals surface area (Å²) in [6.45, 7) is 1.87. The summed E-state index contributed by atoms with van der Waals surface area (Å²) >= 11 is 11.2. The van der Waals surface area contributed by atoms with Crippen LogP contribution in [0.5, 0.6) is 0 Å². The van der Waals surface area contributed by atoms with Crippen LogP contribution in [0, 0.1) is 17.0 Å². The Morgan fingerprint density at radius 1 is 1.35 bits per heavy atom. The van der Waals surface area contributed by atoms with Crippen molar-refractivity contribution in [2.24, 2.45) is 5.10 Å². The van der Waals surface area contributed by atoms with Crippen LogP contribution in [-0.4, -0.2) is 16.3 Å². The first-order chi connectivity index (χ1) is 11.0. The van der Waals surface area contributed by atoms with E-state index < -0.39 is 4.92 Å². The molecule has 0 saturated heterocycles. The summed E-state index contributed by atoms with van der Waals surface area (Å²) < 4.78 is 0. The normalized spacial score (nSPS) is 10.5. The van der Waals surface area contributed by atoms with Gasteiger partial charge in [0.2, 0.25) is 0 Å². The van der Waals surface area contributed by atoms with Crippen molar-refractivity contribution in [3.05, 3.63) is 68.7 Å². The van der Waals surface area contributed by atoms with E-state index >= 15 is 0 Å². The van der Waals surface area contributed by atoms with Crippen molar-refractivity contribution in [1.82, 2.24) is 5.43 Å². The third kappa shape index (κ3) is 4.73. The number of nitrogens with zero attached hydrogens (tertiary/aromatic N) is 2. The smallest absolute Gasteiger partial charge is 0.270 e. The summed E-state index contributed by atoms with van der Waals surface area (Å²) in [6.07, 6.45) is 1.45. The molecule has 0 aliphatic carbocycles. The summed E-state index contributed by atoms with van der Waals surface area (Å²) in [5.74, 6) is 0. The first kappa shape index (κ1) is 16.9. The number of anilines is 1. The molecule has 0 aromatic heterocycles. The van der Waals surface area contributed by atoms with Crippen LogP contribution in [0.15, 0.2) is 47.6 Å². The van der Waals surface area contributed by atoms with Crippen molar-refractivity contribution < 1.29 is 4.92 Å². The molecule has 0 bridgehead atoms. The van der Waals surface area contributed by atoms with E-state index in [9.17, 15) is 10.1 Å². The van der Waals surface area contributed by atoms with Gasteiger partial charge in [-0.1, -0.05) is 29.8 Å². The minimum atomic E-state index is -0.459. The van der Waals surface area contributed by atoms with Crippen LogP contribution in [0.25, 0.3) is 0 Å². The molecule has 0 atom stereocenters. The molecular formula is C15H13ClN4O2S. The number of rotatable bonds is 4. The lowest BCUT2D eigenvalue weighted by Gasteiger charge is -2.10. The highest BCUT2D eigenvalue weighted by Crippen LogP contribution is 2.22. The molecule has 0 amide bonds. The monoisotopic (exact) mass is 348 g/mol. The molecule has 0 saturated carbocycles. The fourth-order valence-electron chi connectivity index (χ4n) is 1.78. The zero-order valence-corrected chi connectivity index (χ0v) is 13.7. The molecule has 118 valence electrons. The average molecular weight is 349 g/mol. The van der Waals surface area contributed by atoms with Crippen molar-refractivity contribution in [3.63, 3.8) is 0 Å². The fourth-order valence-corrected chi connectivity index (χ4v) is 2.11.